The Bertz CT molecular complexity index is 731. The lowest BCUT2D eigenvalue weighted by Gasteiger charge is -2.05. The third-order valence-electron chi connectivity index (χ3n) is 2.95. The van der Waals surface area contributed by atoms with E-state index in [1.54, 1.807) is 0 Å². The lowest BCUT2D eigenvalue weighted by Crippen LogP contribution is -1.97. The monoisotopic (exact) mass is 257 g/mol. The summed E-state index contributed by atoms with van der Waals surface area (Å²) in [5.41, 5.74) is 4.97. The Labute approximate surface area is 110 Å². The Morgan fingerprint density at radius 1 is 1.17 bits per heavy atom. The van der Waals surface area contributed by atoms with Crippen molar-refractivity contribution in [2.75, 3.05) is 0 Å². The molecule has 0 bridgehead atoms. The lowest BCUT2D eigenvalue weighted by atomic mass is 10.1. The Balaban J connectivity index is 2.27. The van der Waals surface area contributed by atoms with Gasteiger partial charge in [-0.1, -0.05) is 23.7 Å². The number of halogens is 1. The highest BCUT2D eigenvalue weighted by Gasteiger charge is 2.08. The topological polar surface area (TPSA) is 30.2 Å². The van der Waals surface area contributed by atoms with Crippen LogP contribution in [-0.2, 0) is 0 Å². The maximum Gasteiger partial charge on any atom is 0.158 e. The number of benzene rings is 1. The third-order valence-corrected chi connectivity index (χ3v) is 3.18. The van der Waals surface area contributed by atoms with Crippen molar-refractivity contribution in [2.24, 2.45) is 0 Å². The average Bonchev–Trinajstić information content (AvgIpc) is 2.72. The fourth-order valence-corrected chi connectivity index (χ4v) is 2.21. The first-order chi connectivity index (χ1) is 8.65. The molecule has 0 radical (unpaired) electrons. The fourth-order valence-electron chi connectivity index (χ4n) is 2.02. The molecule has 3 rings (SSSR count). The maximum atomic E-state index is 6.02. The highest BCUT2D eigenvalue weighted by atomic mass is 35.5. The van der Waals surface area contributed by atoms with Gasteiger partial charge in [-0.05, 0) is 32.0 Å². The molecule has 0 spiro atoms. The van der Waals surface area contributed by atoms with Gasteiger partial charge in [-0.15, -0.1) is 0 Å². The molecule has 0 unspecified atom stereocenters. The molecule has 2 aromatic heterocycles. The number of hydrogen-bond donors (Lipinski definition) is 0. The van der Waals surface area contributed by atoms with Crippen molar-refractivity contribution in [3.63, 3.8) is 0 Å². The van der Waals surface area contributed by atoms with Gasteiger partial charge in [0, 0.05) is 21.8 Å². The van der Waals surface area contributed by atoms with Crippen molar-refractivity contribution in [1.29, 1.82) is 0 Å². The van der Waals surface area contributed by atoms with Crippen molar-refractivity contribution in [2.45, 2.75) is 13.8 Å². The Kier molecular flexibility index (Phi) is 2.56. The summed E-state index contributed by atoms with van der Waals surface area (Å²) in [6.07, 6.45) is 1.83. The van der Waals surface area contributed by atoms with Gasteiger partial charge in [0.2, 0.25) is 0 Å². The smallest absolute Gasteiger partial charge is 0.158 e. The Morgan fingerprint density at radius 2 is 2.00 bits per heavy atom. The molecule has 0 N–H and O–H groups in total. The van der Waals surface area contributed by atoms with Crippen molar-refractivity contribution >= 4 is 17.2 Å². The summed E-state index contributed by atoms with van der Waals surface area (Å²) in [5.74, 6) is 0. The van der Waals surface area contributed by atoms with E-state index in [0.717, 1.165) is 33.2 Å². The molecule has 0 aliphatic rings. The van der Waals surface area contributed by atoms with Crippen LogP contribution in [0.15, 0.2) is 36.5 Å². The second kappa shape index (κ2) is 4.10. The highest BCUT2D eigenvalue weighted by molar-refractivity contribution is 6.30. The Hall–Kier alpha value is -1.87. The minimum absolute atomic E-state index is 0.719. The second-order valence-electron chi connectivity index (χ2n) is 4.36. The van der Waals surface area contributed by atoms with Crippen LogP contribution in [0, 0.1) is 13.8 Å². The summed E-state index contributed by atoms with van der Waals surface area (Å²) < 4.78 is 1.85. The van der Waals surface area contributed by atoms with Crippen LogP contribution in [0.1, 0.15) is 11.3 Å². The highest BCUT2D eigenvalue weighted by Crippen LogP contribution is 2.23. The zero-order valence-electron chi connectivity index (χ0n) is 10.2. The quantitative estimate of drug-likeness (QED) is 0.666. The van der Waals surface area contributed by atoms with Crippen LogP contribution in [0.5, 0.6) is 0 Å². The summed E-state index contributed by atoms with van der Waals surface area (Å²) in [6, 6.07) is 9.75. The minimum Gasteiger partial charge on any atom is -0.228 e. The average molecular weight is 258 g/mol. The Morgan fingerprint density at radius 3 is 2.78 bits per heavy atom. The predicted molar refractivity (Wildman–Crippen MR) is 72.9 cm³/mol. The van der Waals surface area contributed by atoms with Crippen LogP contribution < -0.4 is 0 Å². The normalized spacial score (nSPS) is 11.1. The summed E-state index contributed by atoms with van der Waals surface area (Å²) in [7, 11) is 0. The molecule has 90 valence electrons. The first kappa shape index (κ1) is 11.2. The van der Waals surface area contributed by atoms with E-state index in [1.807, 2.05) is 54.9 Å². The largest absolute Gasteiger partial charge is 0.228 e. The van der Waals surface area contributed by atoms with Crippen LogP contribution in [0.4, 0.5) is 0 Å². The molecular weight excluding hydrogens is 246 g/mol. The van der Waals surface area contributed by atoms with E-state index in [-0.39, 0.29) is 0 Å². The van der Waals surface area contributed by atoms with E-state index in [2.05, 4.69) is 10.1 Å². The van der Waals surface area contributed by atoms with Crippen LogP contribution in [0.25, 0.3) is 16.9 Å². The van der Waals surface area contributed by atoms with Gasteiger partial charge in [-0.25, -0.2) is 9.50 Å². The molecule has 0 atom stereocenters. The molecule has 4 heteroatoms. The van der Waals surface area contributed by atoms with E-state index >= 15 is 0 Å². The molecule has 2 heterocycles. The van der Waals surface area contributed by atoms with Crippen molar-refractivity contribution in [3.8, 4) is 11.3 Å². The molecule has 0 amide bonds. The first-order valence-electron chi connectivity index (χ1n) is 5.73. The summed E-state index contributed by atoms with van der Waals surface area (Å²) in [5, 5.41) is 5.02. The van der Waals surface area contributed by atoms with Crippen LogP contribution >= 0.6 is 11.6 Å². The van der Waals surface area contributed by atoms with Gasteiger partial charge in [0.25, 0.3) is 0 Å². The molecule has 3 aromatic rings. The molecule has 1 aromatic carbocycles. The van der Waals surface area contributed by atoms with Crippen molar-refractivity contribution in [3.05, 3.63) is 52.8 Å². The zero-order chi connectivity index (χ0) is 12.7. The number of aromatic nitrogens is 3. The van der Waals surface area contributed by atoms with E-state index in [9.17, 15) is 0 Å². The van der Waals surface area contributed by atoms with Gasteiger partial charge in [0.1, 0.15) is 0 Å². The SMILES string of the molecule is Cc1cnn2c(C)cc(-c3cccc(Cl)c3)nc12. The van der Waals surface area contributed by atoms with E-state index in [1.165, 1.54) is 0 Å². The van der Waals surface area contributed by atoms with Gasteiger partial charge >= 0.3 is 0 Å². The van der Waals surface area contributed by atoms with Gasteiger partial charge < -0.3 is 0 Å². The van der Waals surface area contributed by atoms with Crippen molar-refractivity contribution in [1.82, 2.24) is 14.6 Å². The first-order valence-corrected chi connectivity index (χ1v) is 6.11. The van der Waals surface area contributed by atoms with E-state index in [0.29, 0.717) is 0 Å². The van der Waals surface area contributed by atoms with E-state index in [4.69, 9.17) is 11.6 Å². The second-order valence-corrected chi connectivity index (χ2v) is 4.79. The van der Waals surface area contributed by atoms with Gasteiger partial charge in [0.05, 0.1) is 11.9 Å². The number of rotatable bonds is 1. The summed E-state index contributed by atoms with van der Waals surface area (Å²) in [4.78, 5) is 4.65. The summed E-state index contributed by atoms with van der Waals surface area (Å²) >= 11 is 6.02. The fraction of sp³-hybridized carbons (Fsp3) is 0.143. The molecule has 0 aliphatic heterocycles. The number of fused-ring (bicyclic) bond motifs is 1. The number of nitrogens with zero attached hydrogens (tertiary/aromatic N) is 3. The van der Waals surface area contributed by atoms with Gasteiger partial charge in [-0.3, -0.25) is 0 Å². The summed E-state index contributed by atoms with van der Waals surface area (Å²) in [6.45, 7) is 4.03. The number of aryl methyl sites for hydroxylation is 2. The van der Waals surface area contributed by atoms with Crippen LogP contribution in [-0.4, -0.2) is 14.6 Å². The van der Waals surface area contributed by atoms with E-state index < -0.39 is 0 Å². The number of hydrogen-bond acceptors (Lipinski definition) is 2. The molecule has 3 nitrogen and oxygen atoms in total. The predicted octanol–water partition coefficient (Wildman–Crippen LogP) is 3.67. The molecule has 0 saturated heterocycles. The van der Waals surface area contributed by atoms with Crippen LogP contribution in [0.2, 0.25) is 5.02 Å². The molecule has 0 fully saturated rings. The molecule has 18 heavy (non-hydrogen) atoms. The van der Waals surface area contributed by atoms with Gasteiger partial charge in [-0.2, -0.15) is 5.10 Å². The zero-order valence-corrected chi connectivity index (χ0v) is 10.9. The molecule has 0 aliphatic carbocycles. The third kappa shape index (κ3) is 1.77. The molecule has 0 saturated carbocycles. The lowest BCUT2D eigenvalue weighted by molar-refractivity contribution is 0.896. The van der Waals surface area contributed by atoms with Crippen molar-refractivity contribution < 1.29 is 0 Å². The maximum absolute atomic E-state index is 6.02. The minimum atomic E-state index is 0.719. The van der Waals surface area contributed by atoms with Gasteiger partial charge in [0.15, 0.2) is 5.65 Å². The van der Waals surface area contributed by atoms with Crippen LogP contribution in [0.3, 0.4) is 0 Å². The standard InChI is InChI=1S/C14H12ClN3/c1-9-8-16-18-10(2)6-13(17-14(9)18)11-4-3-5-12(15)7-11/h3-8H,1-2H3. The molecular formula is C14H12ClN3.